The van der Waals surface area contributed by atoms with E-state index in [4.69, 9.17) is 4.74 Å². The van der Waals surface area contributed by atoms with Crippen molar-refractivity contribution in [2.45, 2.75) is 32.9 Å². The maximum absolute atomic E-state index is 5.52. The first-order valence-electron chi connectivity index (χ1n) is 6.90. The summed E-state index contributed by atoms with van der Waals surface area (Å²) >= 11 is 0. The van der Waals surface area contributed by atoms with Gasteiger partial charge in [0.25, 0.3) is 0 Å². The molecular formula is C17H21NO. The van der Waals surface area contributed by atoms with Crippen molar-refractivity contribution in [2.75, 3.05) is 7.11 Å². The van der Waals surface area contributed by atoms with Crippen molar-refractivity contribution in [3.05, 3.63) is 42.0 Å². The Morgan fingerprint density at radius 2 is 1.95 bits per heavy atom. The lowest BCUT2D eigenvalue weighted by atomic mass is 10.0. The van der Waals surface area contributed by atoms with Crippen LogP contribution in [0.3, 0.4) is 0 Å². The Kier molecular flexibility index (Phi) is 2.98. The lowest BCUT2D eigenvalue weighted by Crippen LogP contribution is -2.20. The molecule has 2 heteroatoms. The highest BCUT2D eigenvalue weighted by Crippen LogP contribution is 2.45. The third-order valence-corrected chi connectivity index (χ3v) is 4.26. The van der Waals surface area contributed by atoms with Gasteiger partial charge in [-0.15, -0.1) is 0 Å². The molecule has 2 aromatic carbocycles. The minimum Gasteiger partial charge on any atom is -0.496 e. The molecule has 1 N–H and O–H groups in total. The van der Waals surface area contributed by atoms with E-state index in [2.05, 4.69) is 55.6 Å². The molecule has 3 rings (SSSR count). The van der Waals surface area contributed by atoms with Crippen molar-refractivity contribution >= 4 is 10.8 Å². The molecular weight excluding hydrogens is 234 g/mol. The lowest BCUT2D eigenvalue weighted by molar-refractivity contribution is 0.407. The van der Waals surface area contributed by atoms with Crippen LogP contribution in [0, 0.1) is 5.41 Å². The quantitative estimate of drug-likeness (QED) is 0.898. The Morgan fingerprint density at radius 1 is 1.21 bits per heavy atom. The molecule has 0 heterocycles. The molecule has 0 radical (unpaired) electrons. The van der Waals surface area contributed by atoms with Gasteiger partial charge in [0.2, 0.25) is 0 Å². The van der Waals surface area contributed by atoms with Gasteiger partial charge in [0, 0.05) is 18.2 Å². The number of fused-ring (bicyclic) bond motifs is 1. The fourth-order valence-electron chi connectivity index (χ4n) is 2.73. The van der Waals surface area contributed by atoms with Gasteiger partial charge in [-0.05, 0) is 28.7 Å². The second kappa shape index (κ2) is 4.53. The predicted molar refractivity (Wildman–Crippen MR) is 79.5 cm³/mol. The summed E-state index contributed by atoms with van der Waals surface area (Å²) in [5.74, 6) is 0.977. The van der Waals surface area contributed by atoms with E-state index < -0.39 is 0 Å². The van der Waals surface area contributed by atoms with Crippen LogP contribution in [-0.2, 0) is 6.54 Å². The van der Waals surface area contributed by atoms with Crippen molar-refractivity contribution < 1.29 is 4.74 Å². The molecule has 100 valence electrons. The Balaban J connectivity index is 1.91. The zero-order valence-electron chi connectivity index (χ0n) is 11.9. The molecule has 1 unspecified atom stereocenters. The SMILES string of the molecule is COc1ccc2ccccc2c1CNC1CC1(C)C. The molecule has 1 aliphatic carbocycles. The molecule has 2 aromatic rings. The lowest BCUT2D eigenvalue weighted by Gasteiger charge is -2.13. The summed E-state index contributed by atoms with van der Waals surface area (Å²) in [5, 5.41) is 6.21. The maximum Gasteiger partial charge on any atom is 0.123 e. The Hall–Kier alpha value is -1.54. The maximum atomic E-state index is 5.52. The highest BCUT2D eigenvalue weighted by atomic mass is 16.5. The second-order valence-electron chi connectivity index (χ2n) is 6.09. The van der Waals surface area contributed by atoms with Crippen LogP contribution < -0.4 is 10.1 Å². The van der Waals surface area contributed by atoms with Crippen molar-refractivity contribution in [2.24, 2.45) is 5.41 Å². The summed E-state index contributed by atoms with van der Waals surface area (Å²) < 4.78 is 5.52. The zero-order chi connectivity index (χ0) is 13.5. The first kappa shape index (κ1) is 12.5. The van der Waals surface area contributed by atoms with Crippen molar-refractivity contribution in [1.82, 2.24) is 5.32 Å². The average molecular weight is 255 g/mol. The van der Waals surface area contributed by atoms with Crippen LogP contribution in [0.5, 0.6) is 5.75 Å². The smallest absolute Gasteiger partial charge is 0.123 e. The molecule has 19 heavy (non-hydrogen) atoms. The molecule has 1 saturated carbocycles. The molecule has 1 atom stereocenters. The zero-order valence-corrected chi connectivity index (χ0v) is 11.9. The summed E-state index contributed by atoms with van der Waals surface area (Å²) in [6.45, 7) is 5.49. The summed E-state index contributed by atoms with van der Waals surface area (Å²) in [4.78, 5) is 0. The molecule has 2 nitrogen and oxygen atoms in total. The van der Waals surface area contributed by atoms with E-state index in [1.165, 1.54) is 22.8 Å². The van der Waals surface area contributed by atoms with Gasteiger partial charge in [-0.3, -0.25) is 0 Å². The minimum atomic E-state index is 0.456. The van der Waals surface area contributed by atoms with Gasteiger partial charge in [0.15, 0.2) is 0 Å². The van der Waals surface area contributed by atoms with Crippen LogP contribution in [0.15, 0.2) is 36.4 Å². The number of hydrogen-bond acceptors (Lipinski definition) is 2. The van der Waals surface area contributed by atoms with Crippen LogP contribution >= 0.6 is 0 Å². The van der Waals surface area contributed by atoms with Crippen molar-refractivity contribution in [3.8, 4) is 5.75 Å². The van der Waals surface area contributed by atoms with E-state index >= 15 is 0 Å². The van der Waals surface area contributed by atoms with Gasteiger partial charge in [0.1, 0.15) is 5.75 Å². The van der Waals surface area contributed by atoms with Crippen LogP contribution in [0.2, 0.25) is 0 Å². The van der Waals surface area contributed by atoms with Crippen molar-refractivity contribution in [3.63, 3.8) is 0 Å². The highest BCUT2D eigenvalue weighted by molar-refractivity contribution is 5.87. The van der Waals surface area contributed by atoms with Gasteiger partial charge < -0.3 is 10.1 Å². The van der Waals surface area contributed by atoms with Gasteiger partial charge in [-0.1, -0.05) is 44.2 Å². The van der Waals surface area contributed by atoms with Crippen LogP contribution in [0.1, 0.15) is 25.8 Å². The molecule has 1 aliphatic rings. The van der Waals surface area contributed by atoms with Crippen molar-refractivity contribution in [1.29, 1.82) is 0 Å². The monoisotopic (exact) mass is 255 g/mol. The normalized spacial score (nSPS) is 20.5. The fraction of sp³-hybridized carbons (Fsp3) is 0.412. The summed E-state index contributed by atoms with van der Waals surface area (Å²) in [7, 11) is 1.74. The van der Waals surface area contributed by atoms with E-state index in [1.54, 1.807) is 7.11 Å². The Labute approximate surface area is 114 Å². The van der Waals surface area contributed by atoms with Crippen LogP contribution in [0.25, 0.3) is 10.8 Å². The average Bonchev–Trinajstić information content (AvgIpc) is 3.03. The van der Waals surface area contributed by atoms with E-state index in [0.717, 1.165) is 12.3 Å². The van der Waals surface area contributed by atoms with Gasteiger partial charge >= 0.3 is 0 Å². The van der Waals surface area contributed by atoms with Gasteiger partial charge in [-0.2, -0.15) is 0 Å². The fourth-order valence-corrected chi connectivity index (χ4v) is 2.73. The molecule has 0 amide bonds. The molecule has 0 spiro atoms. The van der Waals surface area contributed by atoms with Gasteiger partial charge in [0.05, 0.1) is 7.11 Å². The second-order valence-corrected chi connectivity index (χ2v) is 6.09. The standard InChI is InChI=1S/C17H21NO/c1-17(2)10-16(17)18-11-14-13-7-5-4-6-12(13)8-9-15(14)19-3/h4-9,16,18H,10-11H2,1-3H3. The molecule has 1 fully saturated rings. The first-order valence-corrected chi connectivity index (χ1v) is 6.90. The molecule has 0 aliphatic heterocycles. The summed E-state index contributed by atoms with van der Waals surface area (Å²) in [5.41, 5.74) is 1.72. The van der Waals surface area contributed by atoms with Crippen LogP contribution in [0.4, 0.5) is 0 Å². The van der Waals surface area contributed by atoms with Crippen LogP contribution in [-0.4, -0.2) is 13.2 Å². The predicted octanol–water partition coefficient (Wildman–Crippen LogP) is 3.74. The first-order chi connectivity index (χ1) is 9.12. The number of nitrogens with one attached hydrogen (secondary N) is 1. The summed E-state index contributed by atoms with van der Waals surface area (Å²) in [6.07, 6.45) is 1.26. The van der Waals surface area contributed by atoms with Gasteiger partial charge in [-0.25, -0.2) is 0 Å². The summed E-state index contributed by atoms with van der Waals surface area (Å²) in [6, 6.07) is 13.3. The molecule has 0 bridgehead atoms. The van der Waals surface area contributed by atoms with E-state index in [1.807, 2.05) is 0 Å². The highest BCUT2D eigenvalue weighted by Gasteiger charge is 2.45. The Morgan fingerprint density at radius 3 is 2.63 bits per heavy atom. The van der Waals surface area contributed by atoms with E-state index in [-0.39, 0.29) is 0 Å². The largest absolute Gasteiger partial charge is 0.496 e. The molecule has 0 saturated heterocycles. The van der Waals surface area contributed by atoms with E-state index in [9.17, 15) is 0 Å². The third kappa shape index (κ3) is 2.33. The number of benzene rings is 2. The third-order valence-electron chi connectivity index (χ3n) is 4.26. The van der Waals surface area contributed by atoms with E-state index in [0.29, 0.717) is 11.5 Å². The number of rotatable bonds is 4. The number of methoxy groups -OCH3 is 1. The molecule has 0 aromatic heterocycles. The number of ether oxygens (including phenoxy) is 1. The minimum absolute atomic E-state index is 0.456. The topological polar surface area (TPSA) is 21.3 Å². The number of hydrogen-bond donors (Lipinski definition) is 1. The Bertz CT molecular complexity index is 603.